The molecule has 18 heteroatoms. The van der Waals surface area contributed by atoms with Gasteiger partial charge in [-0.2, -0.15) is 0 Å². The Balaban J connectivity index is 1.27. The number of phenols is 2. The van der Waals surface area contributed by atoms with E-state index in [-0.39, 0.29) is 55.6 Å². The first-order valence-electron chi connectivity index (χ1n) is 22.8. The maximum Gasteiger partial charge on any atom is 0.315 e. The number of aliphatic hydroxyl groups excluding tert-OH is 1. The van der Waals surface area contributed by atoms with Crippen LogP contribution in [0, 0.1) is 24.7 Å². The maximum absolute atomic E-state index is 14.8. The molecule has 0 radical (unpaired) electrons. The van der Waals surface area contributed by atoms with Gasteiger partial charge in [0.25, 0.3) is 11.7 Å². The molecule has 2 aromatic carbocycles. The summed E-state index contributed by atoms with van der Waals surface area (Å²) in [6.07, 6.45) is 6.69. The van der Waals surface area contributed by atoms with E-state index in [4.69, 9.17) is 23.9 Å². The second kappa shape index (κ2) is 19.9. The van der Waals surface area contributed by atoms with Gasteiger partial charge < -0.3 is 54.7 Å². The number of phenolic OH excluding ortho intramolecular Hbond substituents is 2. The minimum atomic E-state index is -1.98. The van der Waals surface area contributed by atoms with E-state index in [2.05, 4.69) is 54.9 Å². The van der Waals surface area contributed by atoms with Gasteiger partial charge in [-0.1, -0.05) is 61.6 Å². The van der Waals surface area contributed by atoms with Crippen molar-refractivity contribution in [3.8, 4) is 17.2 Å². The van der Waals surface area contributed by atoms with Gasteiger partial charge in [0.2, 0.25) is 5.91 Å². The van der Waals surface area contributed by atoms with Gasteiger partial charge in [-0.25, -0.2) is 4.99 Å². The number of methoxy groups -OCH3 is 1. The first-order chi connectivity index (χ1) is 31.3. The third kappa shape index (κ3) is 9.98. The number of esters is 1. The number of aliphatic hydroxyl groups is 1. The van der Waals surface area contributed by atoms with Crippen LogP contribution in [-0.4, -0.2) is 136 Å². The lowest BCUT2D eigenvalue weighted by atomic mass is 9.87. The van der Waals surface area contributed by atoms with Crippen molar-refractivity contribution in [1.29, 1.82) is 0 Å². The van der Waals surface area contributed by atoms with Crippen molar-refractivity contribution in [1.82, 2.24) is 15.1 Å². The quantitative estimate of drug-likeness (QED) is 0.0827. The summed E-state index contributed by atoms with van der Waals surface area (Å²) in [6, 6.07) is 0. The van der Waals surface area contributed by atoms with Crippen LogP contribution >= 0.6 is 22.6 Å². The molecule has 8 atom stereocenters. The van der Waals surface area contributed by atoms with Crippen molar-refractivity contribution >= 4 is 62.6 Å². The zero-order valence-electron chi connectivity index (χ0n) is 39.0. The molecule has 1 spiro atoms. The molecule has 8 rings (SSSR count). The zero-order valence-corrected chi connectivity index (χ0v) is 41.1. The van der Waals surface area contributed by atoms with Gasteiger partial charge in [0, 0.05) is 91.9 Å². The number of Topliss-reactive ketones (excluding diaryl/α,β-unsaturated/α-hetero) is 1. The number of rotatable bonds is 8. The molecule has 2 amide bonds. The molecule has 358 valence electrons. The largest absolute Gasteiger partial charge is 0.507 e. The van der Waals surface area contributed by atoms with Gasteiger partial charge in [-0.05, 0) is 52.3 Å². The number of anilines is 1. The monoisotopic (exact) mass is 1030 g/mol. The van der Waals surface area contributed by atoms with E-state index >= 15 is 0 Å². The number of carbonyl (C=O) groups is 4. The maximum atomic E-state index is 14.8. The number of halogens is 1. The number of hydrogen-bond acceptors (Lipinski definition) is 15. The van der Waals surface area contributed by atoms with Crippen LogP contribution in [0.15, 0.2) is 46.1 Å². The van der Waals surface area contributed by atoms with Crippen LogP contribution in [0.5, 0.6) is 17.2 Å². The number of piperidine rings is 2. The van der Waals surface area contributed by atoms with Gasteiger partial charge in [0.15, 0.2) is 5.75 Å². The summed E-state index contributed by atoms with van der Waals surface area (Å²) < 4.78 is 24.6. The number of carbonyl (C=O) groups excluding carboxylic acids is 4. The number of amides is 2. The number of allylic oxidation sites excluding steroid dienone is 2. The number of aromatic hydroxyl groups is 2. The number of ether oxygens (including phenoxy) is 4. The fourth-order valence-corrected chi connectivity index (χ4v) is 10.3. The van der Waals surface area contributed by atoms with Crippen molar-refractivity contribution in [2.24, 2.45) is 27.7 Å². The highest BCUT2D eigenvalue weighted by Gasteiger charge is 2.50. The number of hydrogen-bond donors (Lipinski definition) is 5. The fraction of sp³-hybridized carbons (Fsp3) is 0.583. The summed E-state index contributed by atoms with van der Waals surface area (Å²) in [5, 5.41) is 42.2. The molecule has 6 heterocycles. The first-order valence-corrected chi connectivity index (χ1v) is 24.0. The number of likely N-dealkylation sites (tertiary alicyclic amines) is 2. The molecular weight excluding hydrogens is 963 g/mol. The van der Waals surface area contributed by atoms with Crippen LogP contribution in [0.2, 0.25) is 0 Å². The third-order valence-corrected chi connectivity index (χ3v) is 14.0. The van der Waals surface area contributed by atoms with Gasteiger partial charge in [0.05, 0.1) is 35.1 Å². The Bertz CT molecular complexity index is 2480. The third-order valence-electron chi connectivity index (χ3n) is 13.6. The molecule has 0 saturated carbocycles. The number of nitrogens with one attached hydrogen (secondary N) is 2. The lowest BCUT2D eigenvalue weighted by Crippen LogP contribution is -2.47. The Hall–Kier alpha value is -4.63. The van der Waals surface area contributed by atoms with E-state index in [9.17, 15) is 34.5 Å². The lowest BCUT2D eigenvalue weighted by molar-refractivity contribution is -0.165. The van der Waals surface area contributed by atoms with E-state index in [0.29, 0.717) is 29.0 Å². The Kier molecular flexibility index (Phi) is 14.9. The summed E-state index contributed by atoms with van der Waals surface area (Å²) in [5.74, 6) is -6.63. The SMILES string of the molecule is CO[C@H]1/C=C/O[C@@]2(C)Oc3c(C)c(O)c4c(O)c(c5c(c4c3C2=O)NC2(CCN(CC(C)I)CC2)N=5)=NC(=O)/C(C)=C\C=C\[C@H](C)[C@H](O)C(OC(=O)CC(=O)NCC2CCCN(C)C2)[C@@H]1C. The fourth-order valence-electron chi connectivity index (χ4n) is 9.71. The standard InChI is InChI=1S/C48H63IN6O11/c1-25-11-9-12-26(2)46(62)51-39-38-37(52-48(53-38)15-18-55(19-16-48)23-27(3)49)34-35(42(39)60)41(59)29(5)43-36(34)45(61)47(6,66-43)64-20-14-31(63-8)28(4)44(40(25)58)65-33(57)21-32(56)50-22-30-13-10-17-54(7)24-30/h9,11-12,14,20,25,27-28,30-31,40,44,52,58-60H,10,13,15-19,21-24H2,1-8H3,(H,50,56)/b11-9+,20-14+,26-12-,51-39?/t25-,27?,28+,30?,31-,40-,44?,47-/m0/s1. The van der Waals surface area contributed by atoms with Crippen molar-refractivity contribution in [2.75, 3.05) is 58.7 Å². The second-order valence-electron chi connectivity index (χ2n) is 18.8. The average Bonchev–Trinajstić information content (AvgIpc) is 3.77. The van der Waals surface area contributed by atoms with Crippen molar-refractivity contribution in [3.63, 3.8) is 0 Å². The van der Waals surface area contributed by atoms with Crippen molar-refractivity contribution in [3.05, 3.63) is 58.0 Å². The molecule has 2 fully saturated rings. The Morgan fingerprint density at radius 1 is 1.09 bits per heavy atom. The highest BCUT2D eigenvalue weighted by Crippen LogP contribution is 2.51. The highest BCUT2D eigenvalue weighted by atomic mass is 127. The molecule has 2 aromatic rings. The van der Waals surface area contributed by atoms with Crippen molar-refractivity contribution in [2.45, 2.75) is 107 Å². The van der Waals surface area contributed by atoms with E-state index < -0.39 is 77.3 Å². The number of alkyl halides is 1. The molecule has 5 N–H and O–H groups in total. The zero-order chi connectivity index (χ0) is 47.8. The van der Waals surface area contributed by atoms with Crippen LogP contribution in [0.25, 0.3) is 10.8 Å². The Morgan fingerprint density at radius 3 is 2.50 bits per heavy atom. The summed E-state index contributed by atoms with van der Waals surface area (Å²) in [7, 11) is 3.47. The molecule has 0 aliphatic carbocycles. The minimum absolute atomic E-state index is 0.0412. The van der Waals surface area contributed by atoms with E-state index in [0.717, 1.165) is 45.6 Å². The first kappa shape index (κ1) is 49.3. The van der Waals surface area contributed by atoms with Gasteiger partial charge >= 0.3 is 11.8 Å². The van der Waals surface area contributed by atoms with Crippen LogP contribution < -0.4 is 26.1 Å². The van der Waals surface area contributed by atoms with Crippen LogP contribution in [0.3, 0.4) is 0 Å². The molecule has 5 bridgehead atoms. The predicted molar refractivity (Wildman–Crippen MR) is 254 cm³/mol. The number of ketones is 1. The molecule has 2 saturated heterocycles. The molecular formula is C48H63IN6O11. The Morgan fingerprint density at radius 2 is 1.82 bits per heavy atom. The lowest BCUT2D eigenvalue weighted by Gasteiger charge is -2.38. The summed E-state index contributed by atoms with van der Waals surface area (Å²) >= 11 is 2.40. The summed E-state index contributed by atoms with van der Waals surface area (Å²) in [5.41, 5.74) is -0.164. The topological polar surface area (TPSA) is 221 Å². The summed E-state index contributed by atoms with van der Waals surface area (Å²) in [6.45, 7) is 14.7. The highest BCUT2D eigenvalue weighted by molar-refractivity contribution is 14.1. The van der Waals surface area contributed by atoms with Crippen LogP contribution in [0.4, 0.5) is 5.69 Å². The van der Waals surface area contributed by atoms with Crippen molar-refractivity contribution < 1.29 is 53.4 Å². The summed E-state index contributed by atoms with van der Waals surface area (Å²) in [4.78, 5) is 69.2. The average molecular weight is 1030 g/mol. The van der Waals surface area contributed by atoms with Crippen LogP contribution in [-0.2, 0) is 28.6 Å². The Labute approximate surface area is 398 Å². The van der Waals surface area contributed by atoms with E-state index in [1.54, 1.807) is 39.8 Å². The predicted octanol–water partition coefficient (Wildman–Crippen LogP) is 4.11. The molecule has 0 aromatic heterocycles. The second-order valence-corrected chi connectivity index (χ2v) is 20.9. The normalized spacial score (nSPS) is 30.2. The molecule has 6 aliphatic rings. The minimum Gasteiger partial charge on any atom is -0.507 e. The molecule has 17 nitrogen and oxygen atoms in total. The van der Waals surface area contributed by atoms with Gasteiger partial charge in [-0.3, -0.25) is 24.2 Å². The molecule has 3 unspecified atom stereocenters. The molecule has 66 heavy (non-hydrogen) atoms. The van der Waals surface area contributed by atoms with Gasteiger partial charge in [0.1, 0.15) is 40.4 Å². The number of benzene rings is 2. The van der Waals surface area contributed by atoms with E-state index in [1.807, 2.05) is 7.05 Å². The van der Waals surface area contributed by atoms with E-state index in [1.165, 1.54) is 32.4 Å². The number of fused-ring (bicyclic) bond motifs is 10. The smallest absolute Gasteiger partial charge is 0.315 e. The number of nitrogens with zero attached hydrogens (tertiary/aromatic N) is 4. The molecule has 6 aliphatic heterocycles. The van der Waals surface area contributed by atoms with Gasteiger partial charge in [-0.15, -0.1) is 0 Å². The van der Waals surface area contributed by atoms with Crippen LogP contribution in [0.1, 0.15) is 82.6 Å².